The zero-order valence-electron chi connectivity index (χ0n) is 6.01. The van der Waals surface area contributed by atoms with Gasteiger partial charge in [0.2, 0.25) is 0 Å². The van der Waals surface area contributed by atoms with E-state index in [4.69, 9.17) is 0 Å². The number of carbonyl (C=O) groups excluding carboxylic acids is 1. The molecule has 0 saturated carbocycles. The molecule has 83 valence electrons. The largest absolute Gasteiger partial charge is 0.385 e. The molecule has 0 rings (SSSR count). The number of hydrogen-bond donors (Lipinski definition) is 0. The number of hydrogen-bond acceptors (Lipinski definition) is 1. The van der Waals surface area contributed by atoms with Gasteiger partial charge in [-0.25, -0.2) is 8.78 Å². The Morgan fingerprint density at radius 3 is 1.50 bits per heavy atom. The Bertz CT molecular complexity index is 222. The van der Waals surface area contributed by atoms with Gasteiger partial charge in [-0.05, 0) is 0 Å². The molecule has 0 aromatic carbocycles. The quantitative estimate of drug-likeness (QED) is 0.675. The average molecular weight is 229 g/mol. The van der Waals surface area contributed by atoms with Gasteiger partial charge in [0.1, 0.15) is 0 Å². The maximum atomic E-state index is 12.0. The predicted octanol–water partition coefficient (Wildman–Crippen LogP) is 2.27. The first-order chi connectivity index (χ1) is 6.00. The molecule has 0 aliphatic carbocycles. The van der Waals surface area contributed by atoms with Gasteiger partial charge >= 0.3 is 24.2 Å². The van der Waals surface area contributed by atoms with Crippen LogP contribution in [-0.4, -0.2) is 30.5 Å². The standard InChI is InChI=1S/C5HF8O/c6-2(7)4(10,11)5(12,13)3(8,9)1-14/h2H. The molecule has 0 aliphatic heterocycles. The molecule has 0 bridgehead atoms. The van der Waals surface area contributed by atoms with Crippen LogP contribution in [0.5, 0.6) is 0 Å². The van der Waals surface area contributed by atoms with E-state index in [1.807, 2.05) is 0 Å². The van der Waals surface area contributed by atoms with Crippen molar-refractivity contribution in [2.24, 2.45) is 0 Å². The van der Waals surface area contributed by atoms with Crippen molar-refractivity contribution >= 4 is 6.29 Å². The minimum absolute atomic E-state index is 0.704. The maximum absolute atomic E-state index is 12.0. The first kappa shape index (κ1) is 13.1. The molecule has 1 nitrogen and oxygen atoms in total. The van der Waals surface area contributed by atoms with Crippen LogP contribution in [0.2, 0.25) is 0 Å². The topological polar surface area (TPSA) is 17.1 Å². The molecule has 9 heteroatoms. The van der Waals surface area contributed by atoms with Gasteiger partial charge < -0.3 is 0 Å². The molecule has 0 aliphatic rings. The Morgan fingerprint density at radius 1 is 0.929 bits per heavy atom. The van der Waals surface area contributed by atoms with Crippen molar-refractivity contribution in [3.05, 3.63) is 0 Å². The van der Waals surface area contributed by atoms with Crippen molar-refractivity contribution in [3.8, 4) is 0 Å². The Morgan fingerprint density at radius 2 is 1.29 bits per heavy atom. The second-order valence-electron chi connectivity index (χ2n) is 2.17. The van der Waals surface area contributed by atoms with Gasteiger partial charge in [0, 0.05) is 0 Å². The summed E-state index contributed by atoms with van der Waals surface area (Å²) >= 11 is 0. The Labute approximate surface area is 71.7 Å². The minimum atomic E-state index is -6.48. The molecule has 0 fully saturated rings. The van der Waals surface area contributed by atoms with E-state index in [2.05, 4.69) is 0 Å². The molecule has 0 unspecified atom stereocenters. The number of halogens is 8. The molecule has 0 aromatic heterocycles. The van der Waals surface area contributed by atoms with E-state index in [0.29, 0.717) is 0 Å². The monoisotopic (exact) mass is 229 g/mol. The molecule has 0 saturated heterocycles. The van der Waals surface area contributed by atoms with Gasteiger partial charge in [0.05, 0.1) is 0 Å². The van der Waals surface area contributed by atoms with Crippen LogP contribution in [0.1, 0.15) is 0 Å². The van der Waals surface area contributed by atoms with Gasteiger partial charge in [-0.1, -0.05) is 0 Å². The predicted molar refractivity (Wildman–Crippen MR) is 26.5 cm³/mol. The van der Waals surface area contributed by atoms with Gasteiger partial charge in [-0.15, -0.1) is 0 Å². The lowest BCUT2D eigenvalue weighted by atomic mass is 10.1. The van der Waals surface area contributed by atoms with Gasteiger partial charge in [0.25, 0.3) is 6.29 Å². The van der Waals surface area contributed by atoms with Crippen molar-refractivity contribution in [3.63, 3.8) is 0 Å². The molecule has 0 heterocycles. The highest BCUT2D eigenvalue weighted by molar-refractivity contribution is 5.63. The lowest BCUT2D eigenvalue weighted by molar-refractivity contribution is -0.319. The van der Waals surface area contributed by atoms with Crippen LogP contribution in [0.15, 0.2) is 0 Å². The van der Waals surface area contributed by atoms with Crippen LogP contribution < -0.4 is 0 Å². The van der Waals surface area contributed by atoms with E-state index in [0.717, 1.165) is 0 Å². The fourth-order valence-electron chi connectivity index (χ4n) is 0.410. The molecule has 0 atom stereocenters. The third-order valence-corrected chi connectivity index (χ3v) is 1.22. The van der Waals surface area contributed by atoms with E-state index in [1.165, 1.54) is 0 Å². The molecule has 0 spiro atoms. The summed E-state index contributed by atoms with van der Waals surface area (Å²) in [5.74, 6) is -18.7. The summed E-state index contributed by atoms with van der Waals surface area (Å²) in [4.78, 5) is 9.21. The van der Waals surface area contributed by atoms with Crippen LogP contribution >= 0.6 is 0 Å². The summed E-state index contributed by atoms with van der Waals surface area (Å²) in [6.07, 6.45) is -5.72. The van der Waals surface area contributed by atoms with Crippen molar-refractivity contribution < 1.29 is 39.9 Å². The zero-order valence-corrected chi connectivity index (χ0v) is 6.01. The van der Waals surface area contributed by atoms with Gasteiger partial charge in [0.15, 0.2) is 0 Å². The van der Waals surface area contributed by atoms with E-state index in [9.17, 15) is 39.9 Å². The third-order valence-electron chi connectivity index (χ3n) is 1.22. The SMILES string of the molecule is O=[C]C(F)(F)C(F)(F)C(F)(F)C(F)F. The van der Waals surface area contributed by atoms with Crippen LogP contribution in [0.3, 0.4) is 0 Å². The zero-order chi connectivity index (χ0) is 11.8. The van der Waals surface area contributed by atoms with Crippen LogP contribution in [0, 0.1) is 0 Å². The summed E-state index contributed by atoms with van der Waals surface area (Å²) in [5, 5.41) is 0. The van der Waals surface area contributed by atoms with Gasteiger partial charge in [-0.3, -0.25) is 4.79 Å². The lowest BCUT2D eigenvalue weighted by Crippen LogP contribution is -2.58. The minimum Gasteiger partial charge on any atom is -0.283 e. The summed E-state index contributed by atoms with van der Waals surface area (Å²) in [6, 6.07) is 0. The normalized spacial score (nSPS) is 14.6. The third kappa shape index (κ3) is 1.67. The molecule has 1 radical (unpaired) electrons. The van der Waals surface area contributed by atoms with Crippen LogP contribution in [-0.2, 0) is 4.79 Å². The Hall–Kier alpha value is -0.890. The molecule has 0 amide bonds. The van der Waals surface area contributed by atoms with E-state index < -0.39 is 30.5 Å². The molecule has 0 aromatic rings. The fourth-order valence-corrected chi connectivity index (χ4v) is 0.410. The van der Waals surface area contributed by atoms with E-state index in [1.54, 1.807) is 0 Å². The highest BCUT2D eigenvalue weighted by atomic mass is 19.4. The lowest BCUT2D eigenvalue weighted by Gasteiger charge is -2.28. The highest BCUT2D eigenvalue weighted by Crippen LogP contribution is 2.47. The van der Waals surface area contributed by atoms with Crippen molar-refractivity contribution in [2.75, 3.05) is 0 Å². The highest BCUT2D eigenvalue weighted by Gasteiger charge is 2.76. The first-order valence-electron chi connectivity index (χ1n) is 2.81. The fraction of sp³-hybridized carbons (Fsp3) is 0.800. The van der Waals surface area contributed by atoms with Crippen molar-refractivity contribution in [1.29, 1.82) is 0 Å². The Balaban J connectivity index is 5.24. The van der Waals surface area contributed by atoms with Crippen LogP contribution in [0.25, 0.3) is 0 Å². The second-order valence-corrected chi connectivity index (χ2v) is 2.17. The molecule has 14 heavy (non-hydrogen) atoms. The van der Waals surface area contributed by atoms with E-state index in [-0.39, 0.29) is 0 Å². The molecule has 0 N–H and O–H groups in total. The summed E-state index contributed by atoms with van der Waals surface area (Å²) in [6.45, 7) is 0. The molecular formula is C5HF8O. The number of rotatable bonds is 4. The van der Waals surface area contributed by atoms with Crippen molar-refractivity contribution in [1.82, 2.24) is 0 Å². The Kier molecular flexibility index (Phi) is 3.14. The second kappa shape index (κ2) is 3.35. The summed E-state index contributed by atoms with van der Waals surface area (Å²) in [5.41, 5.74) is 0. The number of alkyl halides is 8. The van der Waals surface area contributed by atoms with E-state index >= 15 is 0 Å². The smallest absolute Gasteiger partial charge is 0.283 e. The summed E-state index contributed by atoms with van der Waals surface area (Å²) in [7, 11) is 0. The average Bonchev–Trinajstić information content (AvgIpc) is 2.03. The van der Waals surface area contributed by atoms with Crippen LogP contribution in [0.4, 0.5) is 35.1 Å². The first-order valence-corrected chi connectivity index (χ1v) is 2.81. The van der Waals surface area contributed by atoms with Gasteiger partial charge in [-0.2, -0.15) is 26.3 Å². The summed E-state index contributed by atoms with van der Waals surface area (Å²) < 4.78 is 93.8. The maximum Gasteiger partial charge on any atom is 0.385 e. The molecular weight excluding hydrogens is 228 g/mol. The van der Waals surface area contributed by atoms with Crippen molar-refractivity contribution in [2.45, 2.75) is 24.2 Å².